The molecule has 2 fully saturated rings. The van der Waals surface area contributed by atoms with E-state index in [0.29, 0.717) is 32.4 Å². The van der Waals surface area contributed by atoms with Crippen molar-refractivity contribution < 1.29 is 29.0 Å². The molecule has 2 N–H and O–H groups in total. The van der Waals surface area contributed by atoms with Crippen LogP contribution in [-0.2, 0) is 19.1 Å². The van der Waals surface area contributed by atoms with Gasteiger partial charge < -0.3 is 24.8 Å². The number of carboxylic acids is 1. The molecule has 2 aliphatic heterocycles. The monoisotopic (exact) mass is 478 g/mol. The first-order valence-electron chi connectivity index (χ1n) is 12.1. The van der Waals surface area contributed by atoms with Crippen LogP contribution in [0.5, 0.6) is 0 Å². The first-order chi connectivity index (χ1) is 16.9. The van der Waals surface area contributed by atoms with Crippen LogP contribution in [-0.4, -0.2) is 66.4 Å². The van der Waals surface area contributed by atoms with Gasteiger partial charge in [-0.05, 0) is 48.4 Å². The van der Waals surface area contributed by atoms with Crippen molar-refractivity contribution in [2.75, 3.05) is 26.3 Å². The standard InChI is InChI=1S/C27H30N2O6/c1-27(25(31)32)12-6-13-29(16-27)24(30)23-22(11-14-34-23)28-26(33)35-15-21-19-9-4-2-7-17(19)18-8-3-5-10-20(18)21/h2-5,7-10,21-23H,6,11-16H2,1H3,(H,28,33)(H,31,32)/t22-,23+,27?/m0/s1. The number of hydrogen-bond donors (Lipinski definition) is 2. The highest BCUT2D eigenvalue weighted by molar-refractivity contribution is 5.84. The third-order valence-electron chi connectivity index (χ3n) is 7.51. The Labute approximate surface area is 204 Å². The number of nitrogens with zero attached hydrogens (tertiary/aromatic N) is 1. The van der Waals surface area contributed by atoms with Gasteiger partial charge in [0.05, 0.1) is 11.5 Å². The van der Waals surface area contributed by atoms with Crippen LogP contribution >= 0.6 is 0 Å². The number of alkyl carbamates (subject to hydrolysis) is 1. The minimum Gasteiger partial charge on any atom is -0.481 e. The molecule has 8 nitrogen and oxygen atoms in total. The lowest BCUT2D eigenvalue weighted by Crippen LogP contribution is -2.55. The van der Waals surface area contributed by atoms with Gasteiger partial charge in [0.1, 0.15) is 6.61 Å². The summed E-state index contributed by atoms with van der Waals surface area (Å²) in [5, 5.41) is 12.4. The van der Waals surface area contributed by atoms with E-state index in [1.807, 2.05) is 24.3 Å². The number of nitrogens with one attached hydrogen (secondary N) is 1. The SMILES string of the molecule is CC1(C(=O)O)CCCN(C(=O)[C@@H]2OCC[C@@H]2NC(=O)OCC2c3ccccc3-c3ccccc32)C1. The lowest BCUT2D eigenvalue weighted by molar-refractivity contribution is -0.156. The zero-order valence-corrected chi connectivity index (χ0v) is 19.7. The molecular formula is C27H30N2O6. The number of ether oxygens (including phenoxy) is 2. The third-order valence-corrected chi connectivity index (χ3v) is 7.51. The van der Waals surface area contributed by atoms with E-state index in [1.54, 1.807) is 11.8 Å². The van der Waals surface area contributed by atoms with E-state index in [9.17, 15) is 19.5 Å². The lowest BCUT2D eigenvalue weighted by atomic mass is 9.82. The number of aliphatic carboxylic acids is 1. The van der Waals surface area contributed by atoms with Gasteiger partial charge >= 0.3 is 12.1 Å². The van der Waals surface area contributed by atoms with Gasteiger partial charge in [0.15, 0.2) is 6.10 Å². The van der Waals surface area contributed by atoms with Crippen LogP contribution in [0, 0.1) is 5.41 Å². The molecule has 8 heteroatoms. The number of carbonyl (C=O) groups excluding carboxylic acids is 2. The van der Waals surface area contributed by atoms with Crippen molar-refractivity contribution in [3.05, 3.63) is 59.7 Å². The zero-order chi connectivity index (χ0) is 24.6. The van der Waals surface area contributed by atoms with Crippen LogP contribution in [0.25, 0.3) is 11.1 Å². The van der Waals surface area contributed by atoms with Gasteiger partial charge in [0.25, 0.3) is 5.91 Å². The molecule has 35 heavy (non-hydrogen) atoms. The number of fused-ring (bicyclic) bond motifs is 3. The summed E-state index contributed by atoms with van der Waals surface area (Å²) in [5.41, 5.74) is 3.60. The average molecular weight is 479 g/mol. The molecule has 184 valence electrons. The second kappa shape index (κ2) is 9.34. The maximum Gasteiger partial charge on any atom is 0.407 e. The molecule has 3 aliphatic rings. The highest BCUT2D eigenvalue weighted by Gasteiger charge is 2.44. The molecule has 0 radical (unpaired) electrons. The maximum absolute atomic E-state index is 13.2. The summed E-state index contributed by atoms with van der Waals surface area (Å²) < 4.78 is 11.3. The van der Waals surface area contributed by atoms with Gasteiger partial charge in [-0.15, -0.1) is 0 Å². The molecule has 0 saturated carbocycles. The van der Waals surface area contributed by atoms with Crippen LogP contribution in [0.3, 0.4) is 0 Å². The fourth-order valence-corrected chi connectivity index (χ4v) is 5.55. The van der Waals surface area contributed by atoms with Crippen molar-refractivity contribution in [1.82, 2.24) is 10.2 Å². The number of carbonyl (C=O) groups is 3. The first-order valence-corrected chi connectivity index (χ1v) is 12.1. The fourth-order valence-electron chi connectivity index (χ4n) is 5.55. The van der Waals surface area contributed by atoms with Crippen molar-refractivity contribution in [1.29, 1.82) is 0 Å². The molecule has 0 bridgehead atoms. The molecule has 5 rings (SSSR count). The fraction of sp³-hybridized carbons (Fsp3) is 0.444. The summed E-state index contributed by atoms with van der Waals surface area (Å²) in [6, 6.07) is 15.7. The minimum atomic E-state index is -0.970. The Bertz CT molecular complexity index is 1100. The summed E-state index contributed by atoms with van der Waals surface area (Å²) in [5.74, 6) is -1.23. The third kappa shape index (κ3) is 4.38. The second-order valence-corrected chi connectivity index (χ2v) is 9.89. The van der Waals surface area contributed by atoms with Gasteiger partial charge in [-0.25, -0.2) is 4.79 Å². The van der Waals surface area contributed by atoms with Gasteiger partial charge in [0.2, 0.25) is 0 Å². The highest BCUT2D eigenvalue weighted by atomic mass is 16.6. The number of rotatable bonds is 5. The zero-order valence-electron chi connectivity index (χ0n) is 19.7. The predicted octanol–water partition coefficient (Wildman–Crippen LogP) is 3.40. The van der Waals surface area contributed by atoms with Crippen LogP contribution in [0.4, 0.5) is 4.79 Å². The molecule has 2 aromatic carbocycles. The molecule has 2 amide bonds. The summed E-state index contributed by atoms with van der Waals surface area (Å²) in [4.78, 5) is 39.1. The highest BCUT2D eigenvalue weighted by Crippen LogP contribution is 2.44. The molecule has 1 aliphatic carbocycles. The van der Waals surface area contributed by atoms with Gasteiger partial charge in [-0.3, -0.25) is 9.59 Å². The molecule has 0 aromatic heterocycles. The molecule has 0 spiro atoms. The maximum atomic E-state index is 13.2. The van der Waals surface area contributed by atoms with E-state index in [4.69, 9.17) is 9.47 Å². The number of benzene rings is 2. The van der Waals surface area contributed by atoms with E-state index in [-0.39, 0.29) is 25.0 Å². The number of amides is 2. The molecule has 2 saturated heterocycles. The van der Waals surface area contributed by atoms with E-state index in [1.165, 1.54) is 0 Å². The Balaban J connectivity index is 1.21. The average Bonchev–Trinajstić information content (AvgIpc) is 3.44. The Morgan fingerprint density at radius 3 is 2.43 bits per heavy atom. The van der Waals surface area contributed by atoms with Crippen molar-refractivity contribution in [3.8, 4) is 11.1 Å². The lowest BCUT2D eigenvalue weighted by Gasteiger charge is -2.39. The van der Waals surface area contributed by atoms with Gasteiger partial charge in [-0.2, -0.15) is 0 Å². The quantitative estimate of drug-likeness (QED) is 0.683. The minimum absolute atomic E-state index is 0.0487. The Morgan fingerprint density at radius 1 is 1.11 bits per heavy atom. The van der Waals surface area contributed by atoms with Crippen molar-refractivity contribution >= 4 is 18.0 Å². The van der Waals surface area contributed by atoms with Crippen molar-refractivity contribution in [3.63, 3.8) is 0 Å². The first kappa shape index (κ1) is 23.4. The van der Waals surface area contributed by atoms with Crippen molar-refractivity contribution in [2.45, 2.75) is 44.2 Å². The van der Waals surface area contributed by atoms with E-state index in [2.05, 4.69) is 29.6 Å². The van der Waals surface area contributed by atoms with Crippen LogP contribution in [0.2, 0.25) is 0 Å². The van der Waals surface area contributed by atoms with Crippen LogP contribution in [0.15, 0.2) is 48.5 Å². The predicted molar refractivity (Wildman–Crippen MR) is 128 cm³/mol. The van der Waals surface area contributed by atoms with E-state index in [0.717, 1.165) is 22.3 Å². The Hall–Kier alpha value is -3.39. The summed E-state index contributed by atoms with van der Waals surface area (Å²) in [6.45, 7) is 2.82. The summed E-state index contributed by atoms with van der Waals surface area (Å²) in [6.07, 6.45) is 0.205. The normalized spacial score (nSPS) is 25.6. The molecule has 3 atom stereocenters. The van der Waals surface area contributed by atoms with Crippen LogP contribution in [0.1, 0.15) is 43.2 Å². The number of likely N-dealkylation sites (tertiary alicyclic amines) is 1. The smallest absolute Gasteiger partial charge is 0.407 e. The number of hydrogen-bond acceptors (Lipinski definition) is 5. The number of piperidine rings is 1. The van der Waals surface area contributed by atoms with Crippen molar-refractivity contribution in [2.24, 2.45) is 5.41 Å². The number of carboxylic acid groups (broad SMARTS) is 1. The molecule has 1 unspecified atom stereocenters. The Morgan fingerprint density at radius 2 is 1.77 bits per heavy atom. The van der Waals surface area contributed by atoms with Crippen LogP contribution < -0.4 is 5.32 Å². The van der Waals surface area contributed by atoms with E-state index >= 15 is 0 Å². The van der Waals surface area contributed by atoms with E-state index < -0.39 is 29.6 Å². The largest absolute Gasteiger partial charge is 0.481 e. The second-order valence-electron chi connectivity index (χ2n) is 9.89. The van der Waals surface area contributed by atoms with Gasteiger partial charge in [0, 0.05) is 25.6 Å². The van der Waals surface area contributed by atoms with Gasteiger partial charge in [-0.1, -0.05) is 48.5 Å². The topological polar surface area (TPSA) is 105 Å². The molecular weight excluding hydrogens is 448 g/mol. The summed E-state index contributed by atoms with van der Waals surface area (Å²) >= 11 is 0. The summed E-state index contributed by atoms with van der Waals surface area (Å²) in [7, 11) is 0. The Kier molecular flexibility index (Phi) is 6.23. The molecule has 2 aromatic rings. The molecule has 2 heterocycles.